The summed E-state index contributed by atoms with van der Waals surface area (Å²) in [7, 11) is 0. The van der Waals surface area contributed by atoms with Gasteiger partial charge in [0.2, 0.25) is 0 Å². The fourth-order valence-electron chi connectivity index (χ4n) is 2.69. The van der Waals surface area contributed by atoms with Crippen LogP contribution in [0.4, 0.5) is 4.79 Å². The molecule has 0 aromatic heterocycles. The topological polar surface area (TPSA) is 41.6 Å². The Kier molecular flexibility index (Phi) is 5.61. The van der Waals surface area contributed by atoms with Crippen LogP contribution in [0.5, 0.6) is 0 Å². The lowest BCUT2D eigenvalue weighted by atomic mass is 10.1. The first kappa shape index (κ1) is 17.1. The zero-order chi connectivity index (χ0) is 16.9. The largest absolute Gasteiger partial charge is 0.370 e. The van der Waals surface area contributed by atoms with Gasteiger partial charge in [-0.15, -0.1) is 0 Å². The molecule has 1 atom stereocenters. The molecule has 1 N–H and O–H groups in total. The number of carbonyl (C=O) groups excluding carboxylic acids is 1. The number of hydrogen-bond acceptors (Lipinski definition) is 2. The van der Waals surface area contributed by atoms with Crippen LogP contribution in [-0.4, -0.2) is 30.6 Å². The van der Waals surface area contributed by atoms with Crippen LogP contribution in [0, 0.1) is 0 Å². The fourth-order valence-corrected chi connectivity index (χ4v) is 3.16. The Morgan fingerprint density at radius 2 is 2.04 bits per heavy atom. The maximum absolute atomic E-state index is 12.4. The van der Waals surface area contributed by atoms with E-state index in [1.165, 1.54) is 0 Å². The number of nitrogens with zero attached hydrogens (tertiary/aromatic N) is 1. The van der Waals surface area contributed by atoms with Crippen LogP contribution in [0.25, 0.3) is 0 Å². The molecule has 1 aliphatic rings. The van der Waals surface area contributed by atoms with Crippen LogP contribution in [0.1, 0.15) is 17.2 Å². The van der Waals surface area contributed by atoms with Crippen molar-refractivity contribution in [3.8, 4) is 0 Å². The van der Waals surface area contributed by atoms with Crippen LogP contribution in [-0.2, 0) is 11.3 Å². The van der Waals surface area contributed by atoms with E-state index in [4.69, 9.17) is 27.9 Å². The zero-order valence-corrected chi connectivity index (χ0v) is 14.6. The predicted molar refractivity (Wildman–Crippen MR) is 95.4 cm³/mol. The van der Waals surface area contributed by atoms with Crippen LogP contribution >= 0.6 is 23.2 Å². The predicted octanol–water partition coefficient (Wildman–Crippen LogP) is 4.28. The molecule has 126 valence electrons. The molecule has 1 heterocycles. The van der Waals surface area contributed by atoms with Crippen molar-refractivity contribution >= 4 is 29.2 Å². The molecule has 24 heavy (non-hydrogen) atoms. The van der Waals surface area contributed by atoms with E-state index in [9.17, 15) is 4.79 Å². The van der Waals surface area contributed by atoms with E-state index in [0.717, 1.165) is 11.1 Å². The minimum atomic E-state index is -0.204. The Balaban J connectivity index is 1.60. The second-order valence-corrected chi connectivity index (χ2v) is 6.46. The molecule has 0 bridgehead atoms. The van der Waals surface area contributed by atoms with Crippen LogP contribution in [0.15, 0.2) is 48.5 Å². The third-order valence-corrected chi connectivity index (χ3v) is 4.52. The number of rotatable bonds is 3. The zero-order valence-electron chi connectivity index (χ0n) is 13.0. The molecule has 6 heteroatoms. The van der Waals surface area contributed by atoms with Crippen molar-refractivity contribution in [3.05, 3.63) is 69.7 Å². The van der Waals surface area contributed by atoms with Gasteiger partial charge >= 0.3 is 6.03 Å². The number of hydrogen-bond donors (Lipinski definition) is 1. The number of benzene rings is 2. The van der Waals surface area contributed by atoms with Crippen molar-refractivity contribution in [1.82, 2.24) is 10.2 Å². The second kappa shape index (κ2) is 7.88. The normalized spacial score (nSPS) is 17.6. The Morgan fingerprint density at radius 3 is 2.83 bits per heavy atom. The van der Waals surface area contributed by atoms with E-state index < -0.39 is 0 Å². The second-order valence-electron chi connectivity index (χ2n) is 5.62. The third-order valence-electron chi connectivity index (χ3n) is 3.94. The lowest BCUT2D eigenvalue weighted by Gasteiger charge is -2.33. The fraction of sp³-hybridized carbons (Fsp3) is 0.278. The molecule has 1 fully saturated rings. The highest BCUT2D eigenvalue weighted by Crippen LogP contribution is 2.28. The number of amides is 2. The summed E-state index contributed by atoms with van der Waals surface area (Å²) in [6, 6.07) is 14.9. The Morgan fingerprint density at radius 1 is 1.21 bits per heavy atom. The van der Waals surface area contributed by atoms with Gasteiger partial charge in [0.1, 0.15) is 6.10 Å². The standard InChI is InChI=1S/C18H18Cl2N2O2/c19-14-5-3-4-13(10-14)11-21-18(23)22-8-9-24-17(12-22)15-6-1-2-7-16(15)20/h1-7,10,17H,8-9,11-12H2,(H,21,23). The van der Waals surface area contributed by atoms with Gasteiger partial charge in [-0.2, -0.15) is 0 Å². The van der Waals surface area contributed by atoms with Gasteiger partial charge in [-0.05, 0) is 23.8 Å². The van der Waals surface area contributed by atoms with Gasteiger partial charge < -0.3 is 15.0 Å². The first-order valence-electron chi connectivity index (χ1n) is 7.77. The van der Waals surface area contributed by atoms with Crippen LogP contribution < -0.4 is 5.32 Å². The number of carbonyl (C=O) groups is 1. The molecule has 0 spiro atoms. The minimum absolute atomic E-state index is 0.115. The maximum Gasteiger partial charge on any atom is 0.317 e. The van der Waals surface area contributed by atoms with E-state index >= 15 is 0 Å². The summed E-state index contributed by atoms with van der Waals surface area (Å²) in [5, 5.41) is 4.24. The van der Waals surface area contributed by atoms with E-state index in [1.54, 1.807) is 4.90 Å². The Labute approximate surface area is 151 Å². The third kappa shape index (κ3) is 4.20. The van der Waals surface area contributed by atoms with Gasteiger partial charge in [0.15, 0.2) is 0 Å². The first-order chi connectivity index (χ1) is 11.6. The van der Waals surface area contributed by atoms with Crippen molar-refractivity contribution in [2.24, 2.45) is 0 Å². The molecule has 0 radical (unpaired) electrons. The van der Waals surface area contributed by atoms with E-state index in [0.29, 0.717) is 36.3 Å². The van der Waals surface area contributed by atoms with Crippen molar-refractivity contribution in [2.75, 3.05) is 19.7 Å². The summed E-state index contributed by atoms with van der Waals surface area (Å²) in [6.07, 6.45) is -0.204. The average molecular weight is 365 g/mol. The summed E-state index contributed by atoms with van der Waals surface area (Å²) in [4.78, 5) is 14.2. The molecule has 0 saturated carbocycles. The molecule has 4 nitrogen and oxygen atoms in total. The van der Waals surface area contributed by atoms with Crippen molar-refractivity contribution in [3.63, 3.8) is 0 Å². The number of morpholine rings is 1. The quantitative estimate of drug-likeness (QED) is 0.882. The smallest absolute Gasteiger partial charge is 0.317 e. The van der Waals surface area contributed by atoms with E-state index in [1.807, 2.05) is 48.5 Å². The molecule has 2 aromatic rings. The summed E-state index contributed by atoms with van der Waals surface area (Å²) < 4.78 is 5.78. The van der Waals surface area contributed by atoms with Gasteiger partial charge in [-0.25, -0.2) is 4.79 Å². The summed E-state index contributed by atoms with van der Waals surface area (Å²) in [5.74, 6) is 0. The van der Waals surface area contributed by atoms with E-state index in [2.05, 4.69) is 5.32 Å². The lowest BCUT2D eigenvalue weighted by molar-refractivity contribution is -0.0154. The molecular formula is C18H18Cl2N2O2. The molecule has 2 amide bonds. The maximum atomic E-state index is 12.4. The number of halogens is 2. The molecule has 0 aliphatic carbocycles. The molecule has 1 aliphatic heterocycles. The van der Waals surface area contributed by atoms with Crippen molar-refractivity contribution < 1.29 is 9.53 Å². The van der Waals surface area contributed by atoms with Gasteiger partial charge in [-0.3, -0.25) is 0 Å². The molecule has 2 aromatic carbocycles. The highest BCUT2D eigenvalue weighted by atomic mass is 35.5. The van der Waals surface area contributed by atoms with Gasteiger partial charge in [0.25, 0.3) is 0 Å². The molecule has 3 rings (SSSR count). The first-order valence-corrected chi connectivity index (χ1v) is 8.52. The molecular weight excluding hydrogens is 347 g/mol. The molecule has 1 saturated heterocycles. The highest BCUT2D eigenvalue weighted by Gasteiger charge is 2.26. The van der Waals surface area contributed by atoms with Crippen molar-refractivity contribution in [1.29, 1.82) is 0 Å². The summed E-state index contributed by atoms with van der Waals surface area (Å²) in [6.45, 7) is 1.96. The van der Waals surface area contributed by atoms with Crippen LogP contribution in [0.3, 0.4) is 0 Å². The highest BCUT2D eigenvalue weighted by molar-refractivity contribution is 6.31. The average Bonchev–Trinajstić information content (AvgIpc) is 2.60. The monoisotopic (exact) mass is 364 g/mol. The minimum Gasteiger partial charge on any atom is -0.370 e. The SMILES string of the molecule is O=C(NCc1cccc(Cl)c1)N1CCOC(c2ccccc2Cl)C1. The van der Waals surface area contributed by atoms with Gasteiger partial charge in [-0.1, -0.05) is 53.5 Å². The van der Waals surface area contributed by atoms with Crippen molar-refractivity contribution in [2.45, 2.75) is 12.6 Å². The molecule has 1 unspecified atom stereocenters. The van der Waals surface area contributed by atoms with E-state index in [-0.39, 0.29) is 12.1 Å². The lowest BCUT2D eigenvalue weighted by Crippen LogP contribution is -2.47. The summed E-state index contributed by atoms with van der Waals surface area (Å²) >= 11 is 12.2. The Hall–Kier alpha value is -1.75. The number of nitrogens with one attached hydrogen (secondary N) is 1. The van der Waals surface area contributed by atoms with Crippen LogP contribution in [0.2, 0.25) is 10.0 Å². The number of urea groups is 1. The summed E-state index contributed by atoms with van der Waals surface area (Å²) in [5.41, 5.74) is 1.87. The van der Waals surface area contributed by atoms with Gasteiger partial charge in [0, 0.05) is 28.7 Å². The Bertz CT molecular complexity index is 724. The number of ether oxygens (including phenoxy) is 1. The van der Waals surface area contributed by atoms with Gasteiger partial charge in [0.05, 0.1) is 13.2 Å².